The molecule has 2 nitrogen and oxygen atoms in total. The van der Waals surface area contributed by atoms with Crippen LogP contribution in [0.15, 0.2) is 157 Å². The highest BCUT2D eigenvalue weighted by molar-refractivity contribution is 14.2. The average Bonchev–Trinajstić information content (AvgIpc) is 3.68. The van der Waals surface area contributed by atoms with Gasteiger partial charge in [0.25, 0.3) is 0 Å². The van der Waals surface area contributed by atoms with E-state index >= 15 is 0 Å². The predicted octanol–water partition coefficient (Wildman–Crippen LogP) is 16.0. The van der Waals surface area contributed by atoms with E-state index in [0.29, 0.717) is 0 Å². The molecular weight excluding hydrogens is 812 g/mol. The lowest BCUT2D eigenvalue weighted by Gasteiger charge is -2.31. The molecule has 8 aromatic carbocycles. The lowest BCUT2D eigenvalue weighted by molar-refractivity contribution is 0.660. The third-order valence-electron chi connectivity index (χ3n) is 12.2. The smallest absolute Gasteiger partial charge is 0.0543 e. The van der Waals surface area contributed by atoms with Crippen LogP contribution in [0.4, 0.5) is 17.1 Å². The molecule has 0 amide bonds. The molecule has 9 aromatic rings. The fourth-order valence-electron chi connectivity index (χ4n) is 9.33. The maximum atomic E-state index is 2.51. The molecule has 0 N–H and O–H groups in total. The van der Waals surface area contributed by atoms with Gasteiger partial charge >= 0.3 is 0 Å². The molecule has 0 atom stereocenters. The summed E-state index contributed by atoms with van der Waals surface area (Å²) in [6, 6.07) is 57.3. The van der Waals surface area contributed by atoms with Crippen molar-refractivity contribution in [3.05, 3.63) is 174 Å². The van der Waals surface area contributed by atoms with Gasteiger partial charge in [0, 0.05) is 64.4 Å². The Morgan fingerprint density at radius 1 is 0.607 bits per heavy atom. The van der Waals surface area contributed by atoms with Gasteiger partial charge < -0.3 is 9.47 Å². The largest absolute Gasteiger partial charge is 0.309 e. The van der Waals surface area contributed by atoms with Crippen molar-refractivity contribution in [2.75, 3.05) is 4.90 Å². The highest BCUT2D eigenvalue weighted by Gasteiger charge is 2.38. The van der Waals surface area contributed by atoms with Crippen LogP contribution in [0.25, 0.3) is 60.2 Å². The Kier molecular flexibility index (Phi) is 8.76. The zero-order chi connectivity index (χ0) is 38.1. The van der Waals surface area contributed by atoms with Crippen molar-refractivity contribution in [2.45, 2.75) is 57.3 Å². The highest BCUT2D eigenvalue weighted by Crippen LogP contribution is 2.55. The lowest BCUT2D eigenvalue weighted by Crippen LogP contribution is -2.17. The number of benzene rings is 8. The third kappa shape index (κ3) is 5.51. The molecule has 56 heavy (non-hydrogen) atoms. The zero-order valence-corrected chi connectivity index (χ0v) is 35.2. The summed E-state index contributed by atoms with van der Waals surface area (Å²) in [6.07, 6.45) is 3.54. The van der Waals surface area contributed by atoms with Crippen LogP contribution in [0.3, 0.4) is 0 Å². The van der Waals surface area contributed by atoms with Crippen LogP contribution in [0.1, 0.15) is 55.9 Å². The first kappa shape index (κ1) is 35.4. The van der Waals surface area contributed by atoms with E-state index in [0.717, 1.165) is 12.1 Å². The summed E-state index contributed by atoms with van der Waals surface area (Å²) in [6.45, 7) is 9.28. The SMILES string of the molecule is CCCCc1ccc2c(c1)c1ccccc1n2-c1ccc2c(c1)C(C)(C)c1cc(N(c3ccc(C)cc3)c3ccc(SI)c4ccccc34)c3ccccc3c1-2. The quantitative estimate of drug-likeness (QED) is 0.141. The first-order valence-electron chi connectivity index (χ1n) is 19.8. The maximum absolute atomic E-state index is 2.51. The number of nitrogens with zero attached hydrogens (tertiary/aromatic N) is 2. The number of halogens is 1. The fraction of sp³-hybridized carbons (Fsp3) is 0.154. The molecule has 1 heterocycles. The van der Waals surface area contributed by atoms with Gasteiger partial charge in [-0.2, -0.15) is 0 Å². The Morgan fingerprint density at radius 3 is 2.04 bits per heavy atom. The number of fused-ring (bicyclic) bond motifs is 9. The van der Waals surface area contributed by atoms with Gasteiger partial charge in [-0.05, 0) is 119 Å². The molecule has 0 unspecified atom stereocenters. The van der Waals surface area contributed by atoms with E-state index in [-0.39, 0.29) is 5.41 Å². The number of rotatable bonds is 8. The first-order valence-corrected chi connectivity index (χ1v) is 23.1. The van der Waals surface area contributed by atoms with Crippen LogP contribution in [0, 0.1) is 6.92 Å². The Labute approximate surface area is 345 Å². The Balaban J connectivity index is 1.19. The molecule has 0 spiro atoms. The fourth-order valence-corrected chi connectivity index (χ4v) is 10.9. The van der Waals surface area contributed by atoms with Crippen molar-refractivity contribution in [3.8, 4) is 16.8 Å². The summed E-state index contributed by atoms with van der Waals surface area (Å²) in [5, 5.41) is 7.70. The van der Waals surface area contributed by atoms with Gasteiger partial charge in [0.05, 0.1) is 22.4 Å². The maximum Gasteiger partial charge on any atom is 0.0543 e. The molecule has 0 bridgehead atoms. The standard InChI is InChI=1S/C52H43IN2S/c1-5-6-13-34-22-27-48-43(30-34)39-16-11-12-19-46(39)55(48)36-25-26-42-44(31-36)52(3,4)45-32-49(38-15-8-10-18-41(38)51(42)45)54(35-23-20-33(2)21-24-35)47-28-29-50(56-53)40-17-9-7-14-37(40)47/h7-12,14-32H,5-6,13H2,1-4H3. The molecule has 0 radical (unpaired) electrons. The van der Waals surface area contributed by atoms with E-state index in [1.807, 2.05) is 0 Å². The topological polar surface area (TPSA) is 8.17 Å². The van der Waals surface area contributed by atoms with Crippen molar-refractivity contribution in [1.29, 1.82) is 0 Å². The summed E-state index contributed by atoms with van der Waals surface area (Å²) in [5.74, 6) is 0. The van der Waals surface area contributed by atoms with E-state index in [1.165, 1.54) is 112 Å². The van der Waals surface area contributed by atoms with Gasteiger partial charge in [-0.25, -0.2) is 0 Å². The molecule has 1 aliphatic carbocycles. The summed E-state index contributed by atoms with van der Waals surface area (Å²) < 4.78 is 2.49. The van der Waals surface area contributed by atoms with Crippen LogP contribution in [-0.2, 0) is 11.8 Å². The van der Waals surface area contributed by atoms with E-state index in [4.69, 9.17) is 0 Å². The minimum Gasteiger partial charge on any atom is -0.309 e. The Hall–Kier alpha value is -5.04. The summed E-state index contributed by atoms with van der Waals surface area (Å²) in [7, 11) is 1.78. The summed E-state index contributed by atoms with van der Waals surface area (Å²) in [4.78, 5) is 3.78. The van der Waals surface area contributed by atoms with Crippen LogP contribution < -0.4 is 4.90 Å². The molecule has 0 saturated heterocycles. The molecule has 4 heteroatoms. The highest BCUT2D eigenvalue weighted by atomic mass is 127. The molecule has 0 saturated carbocycles. The van der Waals surface area contributed by atoms with Crippen LogP contribution >= 0.6 is 30.1 Å². The summed E-state index contributed by atoms with van der Waals surface area (Å²) >= 11 is 2.41. The monoisotopic (exact) mass is 854 g/mol. The van der Waals surface area contributed by atoms with Gasteiger partial charge in [0.2, 0.25) is 0 Å². The molecule has 0 aliphatic heterocycles. The molecule has 274 valence electrons. The second kappa shape index (κ2) is 13.9. The van der Waals surface area contributed by atoms with E-state index < -0.39 is 0 Å². The minimum absolute atomic E-state index is 0.242. The van der Waals surface area contributed by atoms with E-state index in [9.17, 15) is 0 Å². The van der Waals surface area contributed by atoms with Crippen LogP contribution in [0.2, 0.25) is 0 Å². The Bertz CT molecular complexity index is 2990. The van der Waals surface area contributed by atoms with Crippen molar-refractivity contribution < 1.29 is 0 Å². The zero-order valence-electron chi connectivity index (χ0n) is 32.2. The second-order valence-corrected chi connectivity index (χ2v) is 17.8. The number of hydrogen-bond acceptors (Lipinski definition) is 2. The van der Waals surface area contributed by atoms with Crippen molar-refractivity contribution in [3.63, 3.8) is 0 Å². The van der Waals surface area contributed by atoms with E-state index in [1.54, 1.807) is 8.93 Å². The molecule has 1 aliphatic rings. The number of aromatic nitrogens is 1. The number of anilines is 3. The normalized spacial score (nSPS) is 13.2. The van der Waals surface area contributed by atoms with Gasteiger partial charge in [0.15, 0.2) is 0 Å². The van der Waals surface area contributed by atoms with Gasteiger partial charge in [-0.3, -0.25) is 0 Å². The van der Waals surface area contributed by atoms with Crippen LogP contribution in [0.5, 0.6) is 0 Å². The van der Waals surface area contributed by atoms with Gasteiger partial charge in [-0.1, -0.05) is 133 Å². The third-order valence-corrected chi connectivity index (χ3v) is 14.1. The molecule has 10 rings (SSSR count). The van der Waals surface area contributed by atoms with Gasteiger partial charge in [0.1, 0.15) is 0 Å². The number of para-hydroxylation sites is 1. The van der Waals surface area contributed by atoms with Gasteiger partial charge in [-0.15, -0.1) is 0 Å². The van der Waals surface area contributed by atoms with Crippen molar-refractivity contribution in [2.24, 2.45) is 0 Å². The van der Waals surface area contributed by atoms with Crippen molar-refractivity contribution in [1.82, 2.24) is 4.57 Å². The molecule has 1 aromatic heterocycles. The number of aryl methyl sites for hydroxylation is 2. The van der Waals surface area contributed by atoms with Crippen LogP contribution in [-0.4, -0.2) is 4.57 Å². The molecule has 0 fully saturated rings. The predicted molar refractivity (Wildman–Crippen MR) is 251 cm³/mol. The minimum atomic E-state index is -0.242. The number of unbranched alkanes of at least 4 members (excludes halogenated alkanes) is 1. The average molecular weight is 855 g/mol. The lowest BCUT2D eigenvalue weighted by atomic mass is 9.81. The second-order valence-electron chi connectivity index (χ2n) is 15.9. The van der Waals surface area contributed by atoms with E-state index in [2.05, 4.69) is 210 Å². The number of hydrogen-bond donors (Lipinski definition) is 0. The summed E-state index contributed by atoms with van der Waals surface area (Å²) in [5.41, 5.74) is 15.1. The Morgan fingerprint density at radius 2 is 1.29 bits per heavy atom. The molecular formula is C52H43IN2S. The van der Waals surface area contributed by atoms with Crippen molar-refractivity contribution >= 4 is 90.6 Å². The first-order chi connectivity index (χ1) is 27.4.